The number of aromatic nitrogens is 2. The molecule has 2 aromatic rings. The van der Waals surface area contributed by atoms with E-state index < -0.39 is 6.36 Å². The molecule has 21 heavy (non-hydrogen) atoms. The standard InChI is InChI=1S/C11H4Br2ClF3N2O2/c12-6-3-5(1-2-7(6)21-11(15,16)17)20-10-8(13)9(14)18-4-19-10/h1-4H. The summed E-state index contributed by atoms with van der Waals surface area (Å²) < 4.78 is 46.1. The minimum atomic E-state index is -4.77. The highest BCUT2D eigenvalue weighted by molar-refractivity contribution is 9.11. The van der Waals surface area contributed by atoms with E-state index in [0.29, 0.717) is 4.47 Å². The number of nitrogens with zero attached hydrogens (tertiary/aromatic N) is 2. The zero-order valence-corrected chi connectivity index (χ0v) is 13.7. The number of rotatable bonds is 3. The van der Waals surface area contributed by atoms with Gasteiger partial charge < -0.3 is 9.47 Å². The third-order valence-electron chi connectivity index (χ3n) is 2.06. The smallest absolute Gasteiger partial charge is 0.438 e. The molecule has 0 aliphatic heterocycles. The van der Waals surface area contributed by atoms with E-state index in [0.717, 1.165) is 6.07 Å². The van der Waals surface area contributed by atoms with Crippen LogP contribution in [0.2, 0.25) is 5.15 Å². The Balaban J connectivity index is 2.23. The first kappa shape index (κ1) is 16.3. The molecular formula is C11H4Br2ClF3N2O2. The average Bonchev–Trinajstić information content (AvgIpc) is 2.37. The first-order valence-corrected chi connectivity index (χ1v) is 7.12. The number of benzene rings is 1. The Bertz CT molecular complexity index is 670. The van der Waals surface area contributed by atoms with Crippen LogP contribution < -0.4 is 9.47 Å². The fourth-order valence-corrected chi connectivity index (χ4v) is 2.12. The molecule has 0 atom stereocenters. The van der Waals surface area contributed by atoms with Crippen molar-refractivity contribution in [3.05, 3.63) is 38.6 Å². The Kier molecular flexibility index (Phi) is 4.95. The number of hydrogen-bond acceptors (Lipinski definition) is 4. The van der Waals surface area contributed by atoms with E-state index in [1.165, 1.54) is 18.5 Å². The second kappa shape index (κ2) is 6.37. The lowest BCUT2D eigenvalue weighted by atomic mass is 10.3. The molecule has 0 saturated heterocycles. The molecule has 1 aromatic carbocycles. The van der Waals surface area contributed by atoms with Gasteiger partial charge in [-0.05, 0) is 50.1 Å². The molecule has 0 bridgehead atoms. The topological polar surface area (TPSA) is 44.2 Å². The van der Waals surface area contributed by atoms with Gasteiger partial charge in [0.05, 0.1) is 4.47 Å². The third kappa shape index (κ3) is 4.45. The monoisotopic (exact) mass is 446 g/mol. The Morgan fingerprint density at radius 2 is 1.86 bits per heavy atom. The van der Waals surface area contributed by atoms with Gasteiger partial charge in [-0.25, -0.2) is 9.97 Å². The highest BCUT2D eigenvalue weighted by atomic mass is 79.9. The summed E-state index contributed by atoms with van der Waals surface area (Å²) in [5, 5.41) is 0.149. The molecule has 0 N–H and O–H groups in total. The number of ether oxygens (including phenoxy) is 2. The number of alkyl halides is 3. The van der Waals surface area contributed by atoms with Crippen LogP contribution >= 0.6 is 43.5 Å². The molecule has 1 heterocycles. The van der Waals surface area contributed by atoms with Gasteiger partial charge in [0.15, 0.2) is 5.15 Å². The van der Waals surface area contributed by atoms with E-state index in [1.54, 1.807) is 0 Å². The van der Waals surface area contributed by atoms with Gasteiger partial charge in [0, 0.05) is 0 Å². The van der Waals surface area contributed by atoms with Crippen molar-refractivity contribution in [1.82, 2.24) is 9.97 Å². The molecule has 0 aliphatic rings. The highest BCUT2D eigenvalue weighted by Crippen LogP contribution is 2.36. The van der Waals surface area contributed by atoms with Gasteiger partial charge in [-0.2, -0.15) is 0 Å². The van der Waals surface area contributed by atoms with Crippen LogP contribution in [0, 0.1) is 0 Å². The summed E-state index contributed by atoms with van der Waals surface area (Å²) >= 11 is 11.9. The van der Waals surface area contributed by atoms with Gasteiger partial charge in [0.2, 0.25) is 5.88 Å². The maximum absolute atomic E-state index is 12.2. The summed E-state index contributed by atoms with van der Waals surface area (Å²) in [5.41, 5.74) is 0. The van der Waals surface area contributed by atoms with Crippen molar-refractivity contribution in [2.24, 2.45) is 0 Å². The van der Waals surface area contributed by atoms with E-state index in [1.807, 2.05) is 0 Å². The van der Waals surface area contributed by atoms with E-state index in [4.69, 9.17) is 16.3 Å². The maximum atomic E-state index is 12.2. The van der Waals surface area contributed by atoms with Crippen molar-refractivity contribution in [2.75, 3.05) is 0 Å². The van der Waals surface area contributed by atoms with Crippen LogP contribution in [-0.2, 0) is 0 Å². The summed E-state index contributed by atoms with van der Waals surface area (Å²) in [5.74, 6) is -0.00658. The molecule has 0 amide bonds. The van der Waals surface area contributed by atoms with Crippen molar-refractivity contribution in [1.29, 1.82) is 0 Å². The molecule has 0 fully saturated rings. The average molecular weight is 448 g/mol. The summed E-state index contributed by atoms with van der Waals surface area (Å²) in [6.45, 7) is 0. The first-order valence-electron chi connectivity index (χ1n) is 5.15. The summed E-state index contributed by atoms with van der Waals surface area (Å²) in [7, 11) is 0. The fourth-order valence-electron chi connectivity index (χ4n) is 1.27. The Morgan fingerprint density at radius 3 is 2.48 bits per heavy atom. The van der Waals surface area contributed by atoms with Crippen LogP contribution in [0.15, 0.2) is 33.5 Å². The lowest BCUT2D eigenvalue weighted by molar-refractivity contribution is -0.274. The minimum absolute atomic E-state index is 0.0774. The quantitative estimate of drug-likeness (QED) is 0.595. The Labute approximate surface area is 138 Å². The van der Waals surface area contributed by atoms with E-state index >= 15 is 0 Å². The summed E-state index contributed by atoms with van der Waals surface area (Å²) in [6.07, 6.45) is -3.58. The summed E-state index contributed by atoms with van der Waals surface area (Å²) in [4.78, 5) is 7.58. The zero-order chi connectivity index (χ0) is 15.6. The second-order valence-electron chi connectivity index (χ2n) is 3.53. The van der Waals surface area contributed by atoms with Crippen molar-refractivity contribution >= 4 is 43.5 Å². The molecule has 1 aromatic heterocycles. The molecule has 0 radical (unpaired) electrons. The van der Waals surface area contributed by atoms with Gasteiger partial charge in [0.25, 0.3) is 0 Å². The van der Waals surface area contributed by atoms with E-state index in [9.17, 15) is 13.2 Å². The fraction of sp³-hybridized carbons (Fsp3) is 0.0909. The van der Waals surface area contributed by atoms with Crippen LogP contribution in [0.25, 0.3) is 0 Å². The molecule has 2 rings (SSSR count). The van der Waals surface area contributed by atoms with Gasteiger partial charge in [-0.15, -0.1) is 13.2 Å². The zero-order valence-electron chi connectivity index (χ0n) is 9.79. The lowest BCUT2D eigenvalue weighted by Crippen LogP contribution is -2.17. The third-order valence-corrected chi connectivity index (χ3v) is 3.91. The predicted molar refractivity (Wildman–Crippen MR) is 75.6 cm³/mol. The number of hydrogen-bond donors (Lipinski definition) is 0. The lowest BCUT2D eigenvalue weighted by Gasteiger charge is -2.12. The molecule has 10 heteroatoms. The van der Waals surface area contributed by atoms with Crippen molar-refractivity contribution in [3.63, 3.8) is 0 Å². The van der Waals surface area contributed by atoms with Crippen molar-refractivity contribution in [3.8, 4) is 17.4 Å². The largest absolute Gasteiger partial charge is 0.573 e. The van der Waals surface area contributed by atoms with Crippen molar-refractivity contribution < 1.29 is 22.6 Å². The Hall–Kier alpha value is -1.06. The normalized spacial score (nSPS) is 11.3. The molecule has 0 saturated carbocycles. The first-order chi connectivity index (χ1) is 9.76. The van der Waals surface area contributed by atoms with E-state index in [-0.39, 0.29) is 27.0 Å². The van der Waals surface area contributed by atoms with Gasteiger partial charge in [-0.3, -0.25) is 0 Å². The van der Waals surface area contributed by atoms with Gasteiger partial charge in [-0.1, -0.05) is 11.6 Å². The molecule has 0 spiro atoms. The molecule has 4 nitrogen and oxygen atoms in total. The van der Waals surface area contributed by atoms with Crippen LogP contribution in [0.1, 0.15) is 0 Å². The molecule has 112 valence electrons. The second-order valence-corrected chi connectivity index (χ2v) is 5.53. The SMILES string of the molecule is FC(F)(F)Oc1ccc(Oc2ncnc(Cl)c2Br)cc1Br. The predicted octanol–water partition coefficient (Wildman–Crippen LogP) is 5.35. The van der Waals surface area contributed by atoms with Crippen LogP contribution in [-0.4, -0.2) is 16.3 Å². The molecule has 0 unspecified atom stereocenters. The van der Waals surface area contributed by atoms with E-state index in [2.05, 4.69) is 46.6 Å². The Morgan fingerprint density at radius 1 is 1.14 bits per heavy atom. The van der Waals surface area contributed by atoms with Gasteiger partial charge in [0.1, 0.15) is 22.3 Å². The summed E-state index contributed by atoms with van der Waals surface area (Å²) in [6, 6.07) is 3.72. The number of halogens is 6. The molecular weight excluding hydrogens is 444 g/mol. The maximum Gasteiger partial charge on any atom is 0.573 e. The minimum Gasteiger partial charge on any atom is -0.438 e. The molecule has 0 aliphatic carbocycles. The van der Waals surface area contributed by atoms with Crippen LogP contribution in [0.4, 0.5) is 13.2 Å². The van der Waals surface area contributed by atoms with Gasteiger partial charge >= 0.3 is 6.36 Å². The van der Waals surface area contributed by atoms with Crippen molar-refractivity contribution in [2.45, 2.75) is 6.36 Å². The van der Waals surface area contributed by atoms with Crippen LogP contribution in [0.3, 0.4) is 0 Å². The highest BCUT2D eigenvalue weighted by Gasteiger charge is 2.32. The van der Waals surface area contributed by atoms with Crippen LogP contribution in [0.5, 0.6) is 17.4 Å².